The molecule has 2 aromatic carbocycles. The van der Waals surface area contributed by atoms with Crippen LogP contribution in [0.1, 0.15) is 17.3 Å². The molecule has 1 aliphatic heterocycles. The predicted molar refractivity (Wildman–Crippen MR) is 104 cm³/mol. The molecule has 6 nitrogen and oxygen atoms in total. The smallest absolute Gasteiger partial charge is 0.251 e. The minimum atomic E-state index is -0.640. The molecule has 1 atom stereocenters. The highest BCUT2D eigenvalue weighted by atomic mass is 16.2. The quantitative estimate of drug-likeness (QED) is 0.768. The highest BCUT2D eigenvalue weighted by Crippen LogP contribution is 2.26. The Balaban J connectivity index is 1.65. The Morgan fingerprint density at radius 3 is 2.38 bits per heavy atom. The number of carbonyl (C=O) groups excluding carboxylic acids is 2. The Labute approximate surface area is 153 Å². The summed E-state index contributed by atoms with van der Waals surface area (Å²) in [5, 5.41) is 9.01. The lowest BCUT2D eigenvalue weighted by molar-refractivity contribution is -0.117. The van der Waals surface area contributed by atoms with Crippen molar-refractivity contribution < 1.29 is 9.59 Å². The van der Waals surface area contributed by atoms with Gasteiger partial charge in [0.15, 0.2) is 0 Å². The fraction of sp³-hybridized carbons (Fsp3) is 0.300. The monoisotopic (exact) mass is 352 g/mol. The van der Waals surface area contributed by atoms with E-state index in [1.165, 1.54) is 0 Å². The summed E-state index contributed by atoms with van der Waals surface area (Å²) in [5.41, 5.74) is 2.30. The molecule has 2 aromatic rings. The first-order chi connectivity index (χ1) is 12.6. The summed E-state index contributed by atoms with van der Waals surface area (Å²) in [6.07, 6.45) is 0. The second-order valence-corrected chi connectivity index (χ2v) is 6.30. The third-order valence-electron chi connectivity index (χ3n) is 4.40. The van der Waals surface area contributed by atoms with E-state index in [9.17, 15) is 9.59 Å². The van der Waals surface area contributed by atoms with Crippen LogP contribution in [-0.4, -0.2) is 44.0 Å². The van der Waals surface area contributed by atoms with Crippen molar-refractivity contribution in [1.29, 1.82) is 0 Å². The molecule has 1 aliphatic rings. The Morgan fingerprint density at radius 2 is 1.65 bits per heavy atom. The number of nitrogens with one attached hydrogen (secondary N) is 3. The van der Waals surface area contributed by atoms with Crippen LogP contribution >= 0.6 is 0 Å². The second kappa shape index (κ2) is 8.49. The van der Waals surface area contributed by atoms with Crippen LogP contribution in [0.25, 0.3) is 0 Å². The molecule has 0 saturated carbocycles. The third-order valence-corrected chi connectivity index (χ3v) is 4.40. The van der Waals surface area contributed by atoms with Gasteiger partial charge in [-0.3, -0.25) is 9.59 Å². The van der Waals surface area contributed by atoms with Gasteiger partial charge in [0.2, 0.25) is 5.91 Å². The lowest BCUT2D eigenvalue weighted by Crippen LogP contribution is -2.44. The summed E-state index contributed by atoms with van der Waals surface area (Å²) in [7, 11) is 0. The standard InChI is InChI=1S/C20H24N4O2/c1-15(22-20(26)16-7-3-2-4-8-16)19(25)23-17-9-5-6-10-18(17)24-13-11-21-12-14-24/h2-10,15,21H,11-14H2,1H3,(H,22,26)(H,23,25). The zero-order valence-corrected chi connectivity index (χ0v) is 14.9. The normalized spacial score (nSPS) is 15.2. The first-order valence-corrected chi connectivity index (χ1v) is 8.86. The maximum absolute atomic E-state index is 12.6. The molecule has 1 unspecified atom stereocenters. The number of piperazine rings is 1. The van der Waals surface area contributed by atoms with E-state index in [-0.39, 0.29) is 11.8 Å². The average Bonchev–Trinajstić information content (AvgIpc) is 2.69. The van der Waals surface area contributed by atoms with Gasteiger partial charge in [0.05, 0.1) is 11.4 Å². The molecule has 0 aromatic heterocycles. The molecule has 0 radical (unpaired) electrons. The fourth-order valence-electron chi connectivity index (χ4n) is 2.94. The zero-order valence-electron chi connectivity index (χ0n) is 14.9. The summed E-state index contributed by atoms with van der Waals surface area (Å²) in [6, 6.07) is 16.0. The summed E-state index contributed by atoms with van der Waals surface area (Å²) in [5.74, 6) is -0.500. The Hall–Kier alpha value is -2.86. The number of rotatable bonds is 5. The van der Waals surface area contributed by atoms with Crippen LogP contribution in [0.5, 0.6) is 0 Å². The minimum absolute atomic E-state index is 0.239. The number of hydrogen-bond donors (Lipinski definition) is 3. The van der Waals surface area contributed by atoms with Crippen LogP contribution in [0.3, 0.4) is 0 Å². The Morgan fingerprint density at radius 1 is 1.00 bits per heavy atom. The van der Waals surface area contributed by atoms with Gasteiger partial charge in [-0.2, -0.15) is 0 Å². The van der Waals surface area contributed by atoms with E-state index in [0.29, 0.717) is 5.56 Å². The van der Waals surface area contributed by atoms with E-state index >= 15 is 0 Å². The predicted octanol–water partition coefficient (Wildman–Crippen LogP) is 1.85. The maximum atomic E-state index is 12.6. The molecule has 0 bridgehead atoms. The molecule has 1 heterocycles. The summed E-state index contributed by atoms with van der Waals surface area (Å²) >= 11 is 0. The number of benzene rings is 2. The van der Waals surface area contributed by atoms with Crippen molar-refractivity contribution in [2.24, 2.45) is 0 Å². The molecular weight excluding hydrogens is 328 g/mol. The largest absolute Gasteiger partial charge is 0.367 e. The van der Waals surface area contributed by atoms with Crippen molar-refractivity contribution in [3.05, 3.63) is 60.2 Å². The molecule has 0 spiro atoms. The van der Waals surface area contributed by atoms with E-state index in [0.717, 1.165) is 37.6 Å². The molecule has 26 heavy (non-hydrogen) atoms. The molecule has 0 aliphatic carbocycles. The highest BCUT2D eigenvalue weighted by molar-refractivity contribution is 6.02. The van der Waals surface area contributed by atoms with E-state index in [1.54, 1.807) is 31.2 Å². The van der Waals surface area contributed by atoms with Crippen LogP contribution in [0.2, 0.25) is 0 Å². The average molecular weight is 352 g/mol. The SMILES string of the molecule is CC(NC(=O)c1ccccc1)C(=O)Nc1ccccc1N1CCNCC1. The number of para-hydroxylation sites is 2. The van der Waals surface area contributed by atoms with Gasteiger partial charge in [0, 0.05) is 31.7 Å². The van der Waals surface area contributed by atoms with Gasteiger partial charge in [0.1, 0.15) is 6.04 Å². The molecule has 136 valence electrons. The highest BCUT2D eigenvalue weighted by Gasteiger charge is 2.19. The first-order valence-electron chi connectivity index (χ1n) is 8.86. The van der Waals surface area contributed by atoms with Crippen LogP contribution in [0, 0.1) is 0 Å². The van der Waals surface area contributed by atoms with Gasteiger partial charge in [-0.05, 0) is 31.2 Å². The summed E-state index contributed by atoms with van der Waals surface area (Å²) in [6.45, 7) is 5.32. The number of amides is 2. The third kappa shape index (κ3) is 4.40. The number of nitrogens with zero attached hydrogens (tertiary/aromatic N) is 1. The van der Waals surface area contributed by atoms with Crippen molar-refractivity contribution in [3.8, 4) is 0 Å². The van der Waals surface area contributed by atoms with Gasteiger partial charge < -0.3 is 20.9 Å². The van der Waals surface area contributed by atoms with Gasteiger partial charge in [-0.25, -0.2) is 0 Å². The van der Waals surface area contributed by atoms with E-state index in [1.807, 2.05) is 30.3 Å². The summed E-state index contributed by atoms with van der Waals surface area (Å²) in [4.78, 5) is 27.0. The van der Waals surface area contributed by atoms with Crippen molar-refractivity contribution in [2.45, 2.75) is 13.0 Å². The maximum Gasteiger partial charge on any atom is 0.251 e. The van der Waals surface area contributed by atoms with Gasteiger partial charge in [-0.15, -0.1) is 0 Å². The van der Waals surface area contributed by atoms with Gasteiger partial charge >= 0.3 is 0 Å². The van der Waals surface area contributed by atoms with Crippen LogP contribution in [0.4, 0.5) is 11.4 Å². The Kier molecular flexibility index (Phi) is 5.86. The number of hydrogen-bond acceptors (Lipinski definition) is 4. The van der Waals surface area contributed by atoms with Crippen LogP contribution in [0.15, 0.2) is 54.6 Å². The minimum Gasteiger partial charge on any atom is -0.367 e. The molecule has 1 fully saturated rings. The topological polar surface area (TPSA) is 73.5 Å². The van der Waals surface area contributed by atoms with E-state index in [4.69, 9.17) is 0 Å². The number of anilines is 2. The van der Waals surface area contributed by atoms with Crippen molar-refractivity contribution in [1.82, 2.24) is 10.6 Å². The first kappa shape index (κ1) is 17.9. The lowest BCUT2D eigenvalue weighted by atomic mass is 10.2. The van der Waals surface area contributed by atoms with Crippen molar-refractivity contribution in [2.75, 3.05) is 36.4 Å². The molecular formula is C20H24N4O2. The Bertz CT molecular complexity index is 757. The van der Waals surface area contributed by atoms with Gasteiger partial charge in [-0.1, -0.05) is 30.3 Å². The zero-order chi connectivity index (χ0) is 18.4. The fourth-order valence-corrected chi connectivity index (χ4v) is 2.94. The molecule has 1 saturated heterocycles. The molecule has 6 heteroatoms. The van der Waals surface area contributed by atoms with Crippen molar-refractivity contribution in [3.63, 3.8) is 0 Å². The second-order valence-electron chi connectivity index (χ2n) is 6.30. The van der Waals surface area contributed by atoms with E-state index in [2.05, 4.69) is 20.9 Å². The van der Waals surface area contributed by atoms with Crippen LogP contribution in [-0.2, 0) is 4.79 Å². The summed E-state index contributed by atoms with van der Waals surface area (Å²) < 4.78 is 0. The molecule has 2 amide bonds. The lowest BCUT2D eigenvalue weighted by Gasteiger charge is -2.31. The van der Waals surface area contributed by atoms with Gasteiger partial charge in [0.25, 0.3) is 5.91 Å². The van der Waals surface area contributed by atoms with Crippen molar-refractivity contribution >= 4 is 23.2 Å². The number of carbonyl (C=O) groups is 2. The molecule has 3 rings (SSSR count). The molecule has 3 N–H and O–H groups in total. The van der Waals surface area contributed by atoms with Crippen LogP contribution < -0.4 is 20.9 Å². The van der Waals surface area contributed by atoms with E-state index < -0.39 is 6.04 Å².